The highest BCUT2D eigenvalue weighted by molar-refractivity contribution is 8.01. The van der Waals surface area contributed by atoms with Gasteiger partial charge >= 0.3 is 10.4 Å². The molecule has 0 saturated heterocycles. The lowest BCUT2D eigenvalue weighted by atomic mass is 10.5. The summed E-state index contributed by atoms with van der Waals surface area (Å²) in [6.45, 7) is 1.62. The van der Waals surface area contributed by atoms with Crippen molar-refractivity contribution < 1.29 is 17.2 Å². The van der Waals surface area contributed by atoms with Crippen LogP contribution in [0.3, 0.4) is 0 Å². The van der Waals surface area contributed by atoms with Gasteiger partial charge in [0.2, 0.25) is 0 Å². The van der Waals surface area contributed by atoms with E-state index in [1.807, 2.05) is 0 Å². The summed E-state index contributed by atoms with van der Waals surface area (Å²) < 4.78 is 30.8. The van der Waals surface area contributed by atoms with E-state index in [0.29, 0.717) is 0 Å². The van der Waals surface area contributed by atoms with E-state index in [1.165, 1.54) is 0 Å². The van der Waals surface area contributed by atoms with Gasteiger partial charge in [0, 0.05) is 0 Å². The Labute approximate surface area is 70.7 Å². The predicted octanol–water partition coefficient (Wildman–Crippen LogP) is 0.729. The van der Waals surface area contributed by atoms with Gasteiger partial charge in [-0.2, -0.15) is 8.42 Å². The number of hydrogen-bond acceptors (Lipinski definition) is 5. The molecule has 0 unspecified atom stereocenters. The van der Waals surface area contributed by atoms with Crippen molar-refractivity contribution in [1.82, 2.24) is 0 Å². The summed E-state index contributed by atoms with van der Waals surface area (Å²) in [5.41, 5.74) is 0. The predicted molar refractivity (Wildman–Crippen MR) is 43.6 cm³/mol. The standard InChI is InChI=1S/C3H8O4S3/c1-2-3(8,9)7-10(4,5)6/h8-9H,2H2,1H3,(H,4,5,6). The molecule has 0 fully saturated rings. The van der Waals surface area contributed by atoms with E-state index in [0.717, 1.165) is 0 Å². The monoisotopic (exact) mass is 204 g/mol. The second-order valence-corrected chi connectivity index (χ2v) is 4.43. The van der Waals surface area contributed by atoms with E-state index in [4.69, 9.17) is 4.55 Å². The highest BCUT2D eigenvalue weighted by Gasteiger charge is 2.25. The first-order valence-electron chi connectivity index (χ1n) is 2.39. The molecule has 0 aliphatic rings. The SMILES string of the molecule is CCC(S)(S)OS(=O)(=O)O. The molecule has 0 aromatic heterocycles. The maximum Gasteiger partial charge on any atom is 0.399 e. The maximum absolute atomic E-state index is 10.0. The van der Waals surface area contributed by atoms with Crippen LogP contribution in [0.2, 0.25) is 0 Å². The molecule has 0 atom stereocenters. The zero-order valence-electron chi connectivity index (χ0n) is 5.18. The molecule has 0 aliphatic carbocycles. The second-order valence-electron chi connectivity index (χ2n) is 1.61. The third-order valence-electron chi connectivity index (χ3n) is 0.699. The van der Waals surface area contributed by atoms with Crippen LogP contribution in [0.4, 0.5) is 0 Å². The molecule has 7 heteroatoms. The van der Waals surface area contributed by atoms with Gasteiger partial charge in [0.05, 0.1) is 0 Å². The summed E-state index contributed by atoms with van der Waals surface area (Å²) in [4.78, 5) is 0. The fraction of sp³-hybridized carbons (Fsp3) is 1.00. The Morgan fingerprint density at radius 2 is 2.00 bits per heavy atom. The van der Waals surface area contributed by atoms with E-state index in [1.54, 1.807) is 6.92 Å². The van der Waals surface area contributed by atoms with Crippen LogP contribution >= 0.6 is 25.3 Å². The van der Waals surface area contributed by atoms with Gasteiger partial charge in [-0.3, -0.25) is 4.55 Å². The van der Waals surface area contributed by atoms with Gasteiger partial charge in [0.1, 0.15) is 0 Å². The quantitative estimate of drug-likeness (QED) is 0.360. The summed E-state index contributed by atoms with van der Waals surface area (Å²) in [6, 6.07) is 0. The van der Waals surface area contributed by atoms with Crippen molar-refractivity contribution in [1.29, 1.82) is 0 Å². The Hall–Kier alpha value is 0.570. The van der Waals surface area contributed by atoms with Crippen LogP contribution in [0, 0.1) is 0 Å². The average Bonchev–Trinajstić information content (AvgIpc) is 1.60. The van der Waals surface area contributed by atoms with Crippen molar-refractivity contribution >= 4 is 35.7 Å². The number of rotatable bonds is 3. The zero-order valence-corrected chi connectivity index (χ0v) is 7.79. The minimum atomic E-state index is -4.45. The van der Waals surface area contributed by atoms with E-state index in [9.17, 15) is 8.42 Å². The number of thiol groups is 2. The minimum Gasteiger partial charge on any atom is -0.263 e. The number of hydrogen-bond donors (Lipinski definition) is 3. The van der Waals surface area contributed by atoms with E-state index in [-0.39, 0.29) is 6.42 Å². The largest absolute Gasteiger partial charge is 0.399 e. The van der Waals surface area contributed by atoms with Crippen LogP contribution in [0.25, 0.3) is 0 Å². The molecule has 0 saturated carbocycles. The topological polar surface area (TPSA) is 63.6 Å². The molecule has 0 radical (unpaired) electrons. The van der Waals surface area contributed by atoms with Gasteiger partial charge in [-0.1, -0.05) is 6.92 Å². The third kappa shape index (κ3) is 5.36. The summed E-state index contributed by atoms with van der Waals surface area (Å²) in [7, 11) is -4.45. The molecule has 0 amide bonds. The van der Waals surface area contributed by atoms with Crippen molar-refractivity contribution in [2.24, 2.45) is 0 Å². The highest BCUT2D eigenvalue weighted by Crippen LogP contribution is 2.26. The molecule has 10 heavy (non-hydrogen) atoms. The maximum atomic E-state index is 10.0. The molecule has 4 nitrogen and oxygen atoms in total. The van der Waals surface area contributed by atoms with Crippen LogP contribution in [-0.4, -0.2) is 17.2 Å². The van der Waals surface area contributed by atoms with Gasteiger partial charge in [0.25, 0.3) is 0 Å². The van der Waals surface area contributed by atoms with E-state index >= 15 is 0 Å². The van der Waals surface area contributed by atoms with E-state index < -0.39 is 14.7 Å². The summed E-state index contributed by atoms with van der Waals surface area (Å²) in [5, 5.41) is 0. The Morgan fingerprint density at radius 1 is 1.60 bits per heavy atom. The van der Waals surface area contributed by atoms with Gasteiger partial charge in [-0.15, -0.1) is 25.3 Å². The van der Waals surface area contributed by atoms with Crippen molar-refractivity contribution in [3.05, 3.63) is 0 Å². The van der Waals surface area contributed by atoms with Crippen molar-refractivity contribution in [2.75, 3.05) is 0 Å². The Balaban J connectivity index is 4.16. The summed E-state index contributed by atoms with van der Waals surface area (Å²) >= 11 is 7.37. The highest BCUT2D eigenvalue weighted by atomic mass is 32.3. The first-order chi connectivity index (χ1) is 4.27. The third-order valence-corrected chi connectivity index (χ3v) is 2.26. The van der Waals surface area contributed by atoms with Gasteiger partial charge < -0.3 is 0 Å². The van der Waals surface area contributed by atoms with Crippen molar-refractivity contribution in [3.63, 3.8) is 0 Å². The lowest BCUT2D eigenvalue weighted by molar-refractivity contribution is 0.224. The summed E-state index contributed by atoms with van der Waals surface area (Å²) in [5.74, 6) is 0. The fourth-order valence-corrected chi connectivity index (χ4v) is 1.25. The molecule has 0 spiro atoms. The van der Waals surface area contributed by atoms with Crippen LogP contribution in [-0.2, 0) is 14.6 Å². The first kappa shape index (κ1) is 10.6. The lowest BCUT2D eigenvalue weighted by Gasteiger charge is -2.17. The zero-order chi connectivity index (χ0) is 8.41. The van der Waals surface area contributed by atoms with Crippen molar-refractivity contribution in [2.45, 2.75) is 17.6 Å². The van der Waals surface area contributed by atoms with Crippen LogP contribution in [0.15, 0.2) is 0 Å². The van der Waals surface area contributed by atoms with E-state index in [2.05, 4.69) is 29.4 Å². The van der Waals surface area contributed by atoms with Crippen LogP contribution in [0.1, 0.15) is 13.3 Å². The normalized spacial score (nSPS) is 13.6. The summed E-state index contributed by atoms with van der Waals surface area (Å²) in [6.07, 6.45) is 0.249. The first-order valence-corrected chi connectivity index (χ1v) is 4.65. The second kappa shape index (κ2) is 3.31. The van der Waals surface area contributed by atoms with Gasteiger partial charge in [-0.05, 0) is 6.42 Å². The van der Waals surface area contributed by atoms with Gasteiger partial charge in [0.15, 0.2) is 4.27 Å². The lowest BCUT2D eigenvalue weighted by Crippen LogP contribution is -2.21. The molecule has 0 rings (SSSR count). The molecule has 0 heterocycles. The molecular formula is C3H8O4S3. The molecule has 1 N–H and O–H groups in total. The molecular weight excluding hydrogens is 196 g/mol. The Kier molecular flexibility index (Phi) is 3.50. The van der Waals surface area contributed by atoms with Crippen LogP contribution in [0.5, 0.6) is 0 Å². The minimum absolute atomic E-state index is 0.249. The smallest absolute Gasteiger partial charge is 0.263 e. The van der Waals surface area contributed by atoms with Crippen LogP contribution < -0.4 is 0 Å². The molecule has 0 bridgehead atoms. The molecule has 62 valence electrons. The Bertz CT molecular complexity index is 194. The van der Waals surface area contributed by atoms with Crippen molar-refractivity contribution in [3.8, 4) is 0 Å². The van der Waals surface area contributed by atoms with Gasteiger partial charge in [-0.25, -0.2) is 4.18 Å². The average molecular weight is 204 g/mol. The molecule has 0 aromatic rings. The molecule has 0 aliphatic heterocycles. The fourth-order valence-electron chi connectivity index (χ4n) is 0.228. The molecule has 0 aromatic carbocycles. The Morgan fingerprint density at radius 3 is 2.10 bits per heavy atom.